The number of likely N-dealkylation sites (tertiary alicyclic amines) is 1. The molecule has 0 N–H and O–H groups in total. The molecule has 0 radical (unpaired) electrons. The van der Waals surface area contributed by atoms with E-state index in [1.165, 1.54) is 0 Å². The summed E-state index contributed by atoms with van der Waals surface area (Å²) in [6.45, 7) is 3.22. The maximum absolute atomic E-state index is 12.3. The lowest BCUT2D eigenvalue weighted by Crippen LogP contribution is -2.48. The molecule has 0 atom stereocenters. The minimum Gasteiger partial charge on any atom is -0.348 e. The molecule has 1 aliphatic rings. The zero-order valence-corrected chi connectivity index (χ0v) is 12.3. The summed E-state index contributed by atoms with van der Waals surface area (Å²) in [5.41, 5.74) is 0.255. The molecule has 0 aliphatic carbocycles. The van der Waals surface area contributed by atoms with Crippen LogP contribution in [-0.4, -0.2) is 53.8 Å². The van der Waals surface area contributed by atoms with Crippen molar-refractivity contribution in [3.63, 3.8) is 0 Å². The molecule has 0 saturated carbocycles. The van der Waals surface area contributed by atoms with Gasteiger partial charge in [0.25, 0.3) is 5.91 Å². The van der Waals surface area contributed by atoms with E-state index in [1.807, 2.05) is 11.8 Å². The molecule has 1 aromatic heterocycles. The van der Waals surface area contributed by atoms with E-state index in [0.29, 0.717) is 31.5 Å². The lowest BCUT2D eigenvalue weighted by atomic mass is 9.79. The summed E-state index contributed by atoms with van der Waals surface area (Å²) in [5, 5.41) is 0. The Morgan fingerprint density at radius 1 is 1.30 bits per heavy atom. The number of nitrogens with zero attached hydrogens (tertiary/aromatic N) is 3. The zero-order chi connectivity index (χ0) is 14.8. The highest BCUT2D eigenvalue weighted by atomic mass is 16.2. The van der Waals surface area contributed by atoms with Gasteiger partial charge in [-0.1, -0.05) is 6.92 Å². The van der Waals surface area contributed by atoms with Crippen LogP contribution in [0.3, 0.4) is 0 Å². The van der Waals surface area contributed by atoms with Crippen molar-refractivity contribution in [3.8, 4) is 0 Å². The second kappa shape index (κ2) is 5.61. The molecule has 20 heavy (non-hydrogen) atoms. The fourth-order valence-corrected chi connectivity index (χ4v) is 2.63. The Morgan fingerprint density at radius 2 is 1.95 bits per heavy atom. The molecule has 2 rings (SSSR count). The fraction of sp³-hybridized carbons (Fsp3) is 0.533. The first kappa shape index (κ1) is 14.5. The first-order chi connectivity index (χ1) is 9.44. The lowest BCUT2D eigenvalue weighted by Gasteiger charge is -2.39. The quantitative estimate of drug-likeness (QED) is 0.820. The van der Waals surface area contributed by atoms with E-state index in [9.17, 15) is 9.59 Å². The van der Waals surface area contributed by atoms with Gasteiger partial charge >= 0.3 is 0 Å². The second-order valence-electron chi connectivity index (χ2n) is 5.79. The molecule has 0 aromatic carbocycles. The average molecular weight is 275 g/mol. The van der Waals surface area contributed by atoms with Crippen molar-refractivity contribution >= 4 is 11.8 Å². The molecule has 108 valence electrons. The predicted octanol–water partition coefficient (Wildman–Crippen LogP) is 1.41. The Hall–Kier alpha value is -1.91. The highest BCUT2D eigenvalue weighted by molar-refractivity contribution is 5.94. The van der Waals surface area contributed by atoms with Gasteiger partial charge in [0.15, 0.2) is 0 Å². The third-order valence-electron chi connectivity index (χ3n) is 3.99. The van der Waals surface area contributed by atoms with E-state index in [2.05, 4.69) is 4.98 Å². The molecule has 1 aliphatic heterocycles. The van der Waals surface area contributed by atoms with Crippen LogP contribution in [0, 0.1) is 5.41 Å². The number of aromatic nitrogens is 1. The molecular weight excluding hydrogens is 254 g/mol. The van der Waals surface area contributed by atoms with Gasteiger partial charge in [0.1, 0.15) is 0 Å². The Bertz CT molecular complexity index is 491. The summed E-state index contributed by atoms with van der Waals surface area (Å²) in [7, 11) is 3.56. The topological polar surface area (TPSA) is 53.5 Å². The van der Waals surface area contributed by atoms with Crippen LogP contribution >= 0.6 is 0 Å². The third-order valence-corrected chi connectivity index (χ3v) is 3.99. The molecule has 1 fully saturated rings. The highest BCUT2D eigenvalue weighted by Crippen LogP contribution is 2.32. The van der Waals surface area contributed by atoms with Gasteiger partial charge in [0, 0.05) is 45.0 Å². The van der Waals surface area contributed by atoms with Gasteiger partial charge in [0.2, 0.25) is 5.91 Å². The number of piperidine rings is 1. The SMILES string of the molecule is CN(C)C(=O)C1(C)CCN(C(=O)c2cccnc2)CC1. The molecule has 0 bridgehead atoms. The third kappa shape index (κ3) is 2.81. The van der Waals surface area contributed by atoms with Crippen molar-refractivity contribution in [2.75, 3.05) is 27.2 Å². The fourth-order valence-electron chi connectivity index (χ4n) is 2.63. The van der Waals surface area contributed by atoms with E-state index >= 15 is 0 Å². The summed E-state index contributed by atoms with van der Waals surface area (Å²) in [6, 6.07) is 3.53. The van der Waals surface area contributed by atoms with Gasteiger partial charge in [-0.05, 0) is 25.0 Å². The number of amides is 2. The molecule has 1 saturated heterocycles. The first-order valence-corrected chi connectivity index (χ1v) is 6.85. The van der Waals surface area contributed by atoms with Gasteiger partial charge in [0.05, 0.1) is 5.56 Å². The smallest absolute Gasteiger partial charge is 0.255 e. The van der Waals surface area contributed by atoms with E-state index in [-0.39, 0.29) is 17.2 Å². The lowest BCUT2D eigenvalue weighted by molar-refractivity contribution is -0.140. The Balaban J connectivity index is 2.01. The van der Waals surface area contributed by atoms with Crippen LogP contribution < -0.4 is 0 Å². The van der Waals surface area contributed by atoms with Crippen LogP contribution in [0.15, 0.2) is 24.5 Å². The Labute approximate surface area is 119 Å². The summed E-state index contributed by atoms with van der Waals surface area (Å²) in [6.07, 6.45) is 4.65. The van der Waals surface area contributed by atoms with Crippen LogP contribution in [-0.2, 0) is 4.79 Å². The highest BCUT2D eigenvalue weighted by Gasteiger charge is 2.38. The summed E-state index contributed by atoms with van der Waals surface area (Å²) in [4.78, 5) is 31.9. The predicted molar refractivity (Wildman–Crippen MR) is 76.2 cm³/mol. The largest absolute Gasteiger partial charge is 0.348 e. The first-order valence-electron chi connectivity index (χ1n) is 6.85. The Morgan fingerprint density at radius 3 is 2.45 bits per heavy atom. The number of hydrogen-bond donors (Lipinski definition) is 0. The minimum absolute atomic E-state index is 0.00236. The van der Waals surface area contributed by atoms with Crippen LogP contribution in [0.4, 0.5) is 0 Å². The standard InChI is InChI=1S/C15H21N3O2/c1-15(14(20)17(2)3)6-9-18(10-7-15)13(19)12-5-4-8-16-11-12/h4-5,8,11H,6-7,9-10H2,1-3H3. The van der Waals surface area contributed by atoms with Crippen LogP contribution in [0.1, 0.15) is 30.1 Å². The van der Waals surface area contributed by atoms with Crippen molar-refractivity contribution in [2.45, 2.75) is 19.8 Å². The summed E-state index contributed by atoms with van der Waals surface area (Å²) >= 11 is 0. The average Bonchev–Trinajstić information content (AvgIpc) is 2.47. The van der Waals surface area contributed by atoms with Crippen LogP contribution in [0.2, 0.25) is 0 Å². The van der Waals surface area contributed by atoms with Gasteiger partial charge in [-0.15, -0.1) is 0 Å². The molecule has 5 heteroatoms. The maximum atomic E-state index is 12.3. The molecule has 0 unspecified atom stereocenters. The molecule has 5 nitrogen and oxygen atoms in total. The van der Waals surface area contributed by atoms with Crippen molar-refractivity contribution in [1.82, 2.24) is 14.8 Å². The van der Waals surface area contributed by atoms with E-state index < -0.39 is 0 Å². The zero-order valence-electron chi connectivity index (χ0n) is 12.3. The molecule has 1 aromatic rings. The van der Waals surface area contributed by atoms with Gasteiger partial charge in [-0.2, -0.15) is 0 Å². The maximum Gasteiger partial charge on any atom is 0.255 e. The number of carbonyl (C=O) groups is 2. The van der Waals surface area contributed by atoms with Crippen molar-refractivity contribution in [2.24, 2.45) is 5.41 Å². The molecule has 0 spiro atoms. The Kier molecular flexibility index (Phi) is 4.06. The van der Waals surface area contributed by atoms with E-state index in [4.69, 9.17) is 0 Å². The van der Waals surface area contributed by atoms with E-state index in [0.717, 1.165) is 0 Å². The summed E-state index contributed by atoms with van der Waals surface area (Å²) < 4.78 is 0. The second-order valence-corrected chi connectivity index (χ2v) is 5.79. The van der Waals surface area contributed by atoms with Crippen molar-refractivity contribution in [1.29, 1.82) is 0 Å². The van der Waals surface area contributed by atoms with Crippen molar-refractivity contribution in [3.05, 3.63) is 30.1 Å². The molecular formula is C15H21N3O2. The number of pyridine rings is 1. The number of hydrogen-bond acceptors (Lipinski definition) is 3. The van der Waals surface area contributed by atoms with Gasteiger partial charge in [-0.3, -0.25) is 14.6 Å². The number of rotatable bonds is 2. The normalized spacial score (nSPS) is 17.6. The molecule has 2 heterocycles. The van der Waals surface area contributed by atoms with Crippen molar-refractivity contribution < 1.29 is 9.59 Å². The van der Waals surface area contributed by atoms with Crippen LogP contribution in [0.25, 0.3) is 0 Å². The van der Waals surface area contributed by atoms with E-state index in [1.54, 1.807) is 43.5 Å². The summed E-state index contributed by atoms with van der Waals surface area (Å²) in [5.74, 6) is 0.142. The van der Waals surface area contributed by atoms with Gasteiger partial charge in [-0.25, -0.2) is 0 Å². The van der Waals surface area contributed by atoms with Crippen LogP contribution in [0.5, 0.6) is 0 Å². The minimum atomic E-state index is -0.352. The monoisotopic (exact) mass is 275 g/mol. The van der Waals surface area contributed by atoms with Gasteiger partial charge < -0.3 is 9.80 Å². The number of carbonyl (C=O) groups excluding carboxylic acids is 2. The molecule has 2 amide bonds.